The predicted octanol–water partition coefficient (Wildman–Crippen LogP) is 1.90. The lowest BCUT2D eigenvalue weighted by Crippen LogP contribution is -2.27. The third-order valence-electron chi connectivity index (χ3n) is 5.06. The number of aromatic nitrogens is 4. The number of hydrogen-bond donors (Lipinski definition) is 3. The van der Waals surface area contributed by atoms with Gasteiger partial charge in [0.05, 0.1) is 11.9 Å². The van der Waals surface area contributed by atoms with Crippen LogP contribution in [0.2, 0.25) is 0 Å². The molecule has 9 heteroatoms. The van der Waals surface area contributed by atoms with Crippen molar-refractivity contribution < 1.29 is 4.79 Å². The number of nitrogens with zero attached hydrogens (tertiary/aromatic N) is 4. The van der Waals surface area contributed by atoms with Crippen LogP contribution in [0.25, 0.3) is 5.65 Å². The third-order valence-corrected chi connectivity index (χ3v) is 5.06. The summed E-state index contributed by atoms with van der Waals surface area (Å²) in [4.78, 5) is 29.5. The van der Waals surface area contributed by atoms with Gasteiger partial charge in [-0.15, -0.1) is 5.10 Å². The number of pyridine rings is 1. The number of fused-ring (bicyclic) bond motifs is 1. The fourth-order valence-corrected chi connectivity index (χ4v) is 3.24. The third kappa shape index (κ3) is 2.98. The second-order valence-electron chi connectivity index (χ2n) is 7.31. The van der Waals surface area contributed by atoms with E-state index in [4.69, 9.17) is 0 Å². The van der Waals surface area contributed by atoms with Gasteiger partial charge in [-0.1, -0.05) is 0 Å². The molecule has 5 rings (SSSR count). The van der Waals surface area contributed by atoms with Crippen LogP contribution in [0, 0.1) is 0 Å². The lowest BCUT2D eigenvalue weighted by molar-refractivity contribution is 0.0944. The summed E-state index contributed by atoms with van der Waals surface area (Å²) in [6, 6.07) is 5.91. The van der Waals surface area contributed by atoms with E-state index < -0.39 is 0 Å². The highest BCUT2D eigenvalue weighted by molar-refractivity contribution is 5.94. The van der Waals surface area contributed by atoms with Crippen LogP contribution in [0.5, 0.6) is 0 Å². The van der Waals surface area contributed by atoms with Crippen LogP contribution < -0.4 is 21.5 Å². The summed E-state index contributed by atoms with van der Waals surface area (Å²) >= 11 is 0. The summed E-state index contributed by atoms with van der Waals surface area (Å²) < 4.78 is 3.26. The quantitative estimate of drug-likeness (QED) is 0.604. The van der Waals surface area contributed by atoms with E-state index in [0.29, 0.717) is 34.6 Å². The topological polar surface area (TPSA) is 105 Å². The summed E-state index contributed by atoms with van der Waals surface area (Å²) in [6.45, 7) is 0. The minimum Gasteiger partial charge on any atom is -0.385 e. The molecule has 144 valence electrons. The molecule has 1 amide bonds. The average Bonchev–Trinajstić information content (AvgIpc) is 3.62. The van der Waals surface area contributed by atoms with Crippen LogP contribution in [-0.2, 0) is 0 Å². The van der Waals surface area contributed by atoms with Gasteiger partial charge < -0.3 is 20.5 Å². The summed E-state index contributed by atoms with van der Waals surface area (Å²) in [5.41, 5.74) is 2.01. The molecular weight excluding hydrogens is 358 g/mol. The highest BCUT2D eigenvalue weighted by atomic mass is 16.2. The standard InChI is InChI=1S/C19H21N7O2/c1-20-14-9-16(23-13-3-2-8-25(19(13)28)12-6-7-12)24-26-15(10-21-17(14)26)18(27)22-11-4-5-11/h2-3,8-12,20H,4-7H2,1H3,(H,22,27)(H,23,24). The fourth-order valence-electron chi connectivity index (χ4n) is 3.24. The summed E-state index contributed by atoms with van der Waals surface area (Å²) in [5, 5.41) is 13.7. The first-order valence-electron chi connectivity index (χ1n) is 9.49. The van der Waals surface area contributed by atoms with Crippen molar-refractivity contribution in [3.8, 4) is 0 Å². The normalized spacial score (nSPS) is 16.2. The SMILES string of the molecule is CNc1cc(Nc2cccn(C3CC3)c2=O)nn2c(C(=O)NC3CC3)cnc12. The molecule has 0 unspecified atom stereocenters. The molecule has 2 fully saturated rings. The maximum absolute atomic E-state index is 12.7. The van der Waals surface area contributed by atoms with Crippen molar-refractivity contribution in [2.24, 2.45) is 0 Å². The first-order valence-corrected chi connectivity index (χ1v) is 9.49. The van der Waals surface area contributed by atoms with E-state index in [2.05, 4.69) is 26.0 Å². The van der Waals surface area contributed by atoms with Crippen LogP contribution >= 0.6 is 0 Å². The zero-order chi connectivity index (χ0) is 19.3. The lowest BCUT2D eigenvalue weighted by atomic mass is 10.3. The number of anilines is 3. The van der Waals surface area contributed by atoms with Crippen molar-refractivity contribution in [1.82, 2.24) is 24.5 Å². The minimum absolute atomic E-state index is 0.0739. The van der Waals surface area contributed by atoms with Crippen molar-refractivity contribution in [3.05, 3.63) is 46.6 Å². The van der Waals surface area contributed by atoms with Crippen molar-refractivity contribution in [1.29, 1.82) is 0 Å². The Morgan fingerprint density at radius 2 is 2.04 bits per heavy atom. The van der Waals surface area contributed by atoms with Crippen LogP contribution in [0.3, 0.4) is 0 Å². The molecule has 0 bridgehead atoms. The molecule has 0 saturated heterocycles. The van der Waals surface area contributed by atoms with Gasteiger partial charge in [0, 0.05) is 31.4 Å². The first-order chi connectivity index (χ1) is 13.6. The Hall–Kier alpha value is -3.36. The summed E-state index contributed by atoms with van der Waals surface area (Å²) in [6.07, 6.45) is 7.42. The van der Waals surface area contributed by atoms with E-state index >= 15 is 0 Å². The largest absolute Gasteiger partial charge is 0.385 e. The van der Waals surface area contributed by atoms with Gasteiger partial charge in [-0.2, -0.15) is 0 Å². The number of carbonyl (C=O) groups is 1. The number of imidazole rings is 1. The van der Waals surface area contributed by atoms with E-state index in [-0.39, 0.29) is 17.5 Å². The van der Waals surface area contributed by atoms with Crippen molar-refractivity contribution in [2.75, 3.05) is 17.7 Å². The smallest absolute Gasteiger partial charge is 0.274 e. The number of nitrogens with one attached hydrogen (secondary N) is 3. The van der Waals surface area contributed by atoms with Gasteiger partial charge >= 0.3 is 0 Å². The van der Waals surface area contributed by atoms with Crippen LogP contribution in [0.1, 0.15) is 42.2 Å². The molecule has 0 spiro atoms. The maximum atomic E-state index is 12.7. The zero-order valence-corrected chi connectivity index (χ0v) is 15.5. The van der Waals surface area contributed by atoms with E-state index in [1.807, 2.05) is 12.3 Å². The molecule has 0 radical (unpaired) electrons. The molecule has 2 aliphatic rings. The fraction of sp³-hybridized carbons (Fsp3) is 0.368. The van der Waals surface area contributed by atoms with Gasteiger partial charge in [0.1, 0.15) is 5.69 Å². The molecule has 2 aliphatic carbocycles. The van der Waals surface area contributed by atoms with Crippen LogP contribution in [-0.4, -0.2) is 38.2 Å². The van der Waals surface area contributed by atoms with Gasteiger partial charge in [0.2, 0.25) is 0 Å². The van der Waals surface area contributed by atoms with Crippen molar-refractivity contribution in [3.63, 3.8) is 0 Å². The number of carbonyl (C=O) groups excluding carboxylic acids is 1. The maximum Gasteiger partial charge on any atom is 0.274 e. The van der Waals surface area contributed by atoms with Gasteiger partial charge in [-0.25, -0.2) is 9.50 Å². The van der Waals surface area contributed by atoms with Crippen LogP contribution in [0.15, 0.2) is 35.4 Å². The number of rotatable bonds is 6. The summed E-state index contributed by atoms with van der Waals surface area (Å²) in [7, 11) is 1.78. The molecule has 3 aromatic heterocycles. The van der Waals surface area contributed by atoms with E-state index in [1.54, 1.807) is 23.7 Å². The van der Waals surface area contributed by atoms with Gasteiger partial charge in [0.15, 0.2) is 17.2 Å². The number of amides is 1. The molecule has 9 nitrogen and oxygen atoms in total. The molecule has 2 saturated carbocycles. The molecule has 0 aliphatic heterocycles. The Kier molecular flexibility index (Phi) is 3.81. The molecule has 3 N–H and O–H groups in total. The second kappa shape index (κ2) is 6.36. The van der Waals surface area contributed by atoms with Crippen LogP contribution in [0.4, 0.5) is 17.2 Å². The number of hydrogen-bond acceptors (Lipinski definition) is 6. The summed E-state index contributed by atoms with van der Waals surface area (Å²) in [5.74, 6) is 0.262. The van der Waals surface area contributed by atoms with E-state index in [1.165, 1.54) is 10.7 Å². The van der Waals surface area contributed by atoms with Crippen molar-refractivity contribution >= 4 is 28.7 Å². The predicted molar refractivity (Wildman–Crippen MR) is 105 cm³/mol. The molecule has 0 atom stereocenters. The van der Waals surface area contributed by atoms with Gasteiger partial charge in [-0.05, 0) is 37.8 Å². The zero-order valence-electron chi connectivity index (χ0n) is 15.5. The van der Waals surface area contributed by atoms with E-state index in [9.17, 15) is 9.59 Å². The molecular formula is C19H21N7O2. The monoisotopic (exact) mass is 379 g/mol. The Morgan fingerprint density at radius 3 is 2.75 bits per heavy atom. The van der Waals surface area contributed by atoms with E-state index in [0.717, 1.165) is 25.7 Å². The van der Waals surface area contributed by atoms with Crippen molar-refractivity contribution in [2.45, 2.75) is 37.8 Å². The highest BCUT2D eigenvalue weighted by Gasteiger charge is 2.27. The highest BCUT2D eigenvalue weighted by Crippen LogP contribution is 2.33. The molecule has 0 aromatic carbocycles. The molecule has 3 aromatic rings. The first kappa shape index (κ1) is 16.8. The Balaban J connectivity index is 1.53. The Morgan fingerprint density at radius 1 is 1.21 bits per heavy atom. The van der Waals surface area contributed by atoms with Gasteiger partial charge in [-0.3, -0.25) is 9.59 Å². The Labute approximate surface area is 160 Å². The van der Waals surface area contributed by atoms with Gasteiger partial charge in [0.25, 0.3) is 11.5 Å². The second-order valence-corrected chi connectivity index (χ2v) is 7.31. The minimum atomic E-state index is -0.197. The molecule has 28 heavy (non-hydrogen) atoms. The average molecular weight is 379 g/mol. The Bertz CT molecular complexity index is 1130. The molecule has 3 heterocycles. The lowest BCUT2D eigenvalue weighted by Gasteiger charge is -2.11.